The fourth-order valence-corrected chi connectivity index (χ4v) is 2.85. The van der Waals surface area contributed by atoms with Crippen molar-refractivity contribution in [1.82, 2.24) is 10.3 Å². The lowest BCUT2D eigenvalue weighted by atomic mass is 9.99. The van der Waals surface area contributed by atoms with Crippen molar-refractivity contribution in [3.8, 4) is 6.07 Å². The minimum absolute atomic E-state index is 0.0820. The van der Waals surface area contributed by atoms with Crippen molar-refractivity contribution in [3.05, 3.63) is 68.6 Å². The second-order valence-corrected chi connectivity index (χ2v) is 5.88. The Morgan fingerprint density at radius 1 is 1.32 bits per heavy atom. The van der Waals surface area contributed by atoms with E-state index in [1.54, 1.807) is 13.8 Å². The Bertz CT molecular complexity index is 851. The van der Waals surface area contributed by atoms with E-state index in [1.165, 1.54) is 0 Å². The summed E-state index contributed by atoms with van der Waals surface area (Å²) < 4.78 is 0. The maximum absolute atomic E-state index is 12.2. The number of hydrogen-bond acceptors (Lipinski definition) is 4. The van der Waals surface area contributed by atoms with Crippen LogP contribution in [0.3, 0.4) is 0 Å². The second-order valence-electron chi connectivity index (χ2n) is 5.88. The lowest BCUT2D eigenvalue weighted by Gasteiger charge is -2.17. The van der Waals surface area contributed by atoms with Gasteiger partial charge in [0.2, 0.25) is 5.91 Å². The highest BCUT2D eigenvalue weighted by Crippen LogP contribution is 2.16. The Kier molecular flexibility index (Phi) is 6.09. The number of hydrogen-bond donors (Lipinski definition) is 3. The van der Waals surface area contributed by atoms with Gasteiger partial charge in [-0.1, -0.05) is 30.3 Å². The van der Waals surface area contributed by atoms with E-state index in [0.717, 1.165) is 11.1 Å². The third kappa shape index (κ3) is 4.34. The second kappa shape index (κ2) is 8.27. The van der Waals surface area contributed by atoms with Crippen LogP contribution in [0.15, 0.2) is 35.1 Å². The van der Waals surface area contributed by atoms with Crippen LogP contribution in [-0.2, 0) is 11.2 Å². The number of rotatable bonds is 6. The fraction of sp³-hybridized carbons (Fsp3) is 0.316. The number of carbonyl (C=O) groups is 1. The van der Waals surface area contributed by atoms with Gasteiger partial charge < -0.3 is 15.4 Å². The van der Waals surface area contributed by atoms with Crippen LogP contribution in [0.5, 0.6) is 0 Å². The zero-order chi connectivity index (χ0) is 18.4. The highest BCUT2D eigenvalue weighted by Gasteiger charge is 2.16. The molecular weight excluding hydrogens is 318 g/mol. The minimum Gasteiger partial charge on any atom is -0.394 e. The molecule has 0 aliphatic heterocycles. The first-order valence-electron chi connectivity index (χ1n) is 8.05. The molecule has 1 amide bonds. The maximum atomic E-state index is 12.2. The van der Waals surface area contributed by atoms with Crippen LogP contribution in [-0.4, -0.2) is 22.6 Å². The Labute approximate surface area is 146 Å². The molecule has 25 heavy (non-hydrogen) atoms. The van der Waals surface area contributed by atoms with Crippen LogP contribution < -0.4 is 10.9 Å². The molecule has 6 heteroatoms. The number of benzene rings is 1. The van der Waals surface area contributed by atoms with E-state index in [0.29, 0.717) is 17.7 Å². The van der Waals surface area contributed by atoms with Gasteiger partial charge in [0.25, 0.3) is 5.56 Å². The van der Waals surface area contributed by atoms with Gasteiger partial charge in [-0.05, 0) is 37.0 Å². The molecule has 0 aliphatic carbocycles. The summed E-state index contributed by atoms with van der Waals surface area (Å²) in [5, 5.41) is 21.4. The Morgan fingerprint density at radius 3 is 2.60 bits per heavy atom. The fourth-order valence-electron chi connectivity index (χ4n) is 2.85. The minimum atomic E-state index is -0.457. The van der Waals surface area contributed by atoms with E-state index in [1.807, 2.05) is 36.4 Å². The Balaban J connectivity index is 2.08. The summed E-state index contributed by atoms with van der Waals surface area (Å²) in [6, 6.07) is 10.7. The lowest BCUT2D eigenvalue weighted by molar-refractivity contribution is -0.122. The van der Waals surface area contributed by atoms with Crippen molar-refractivity contribution in [2.45, 2.75) is 32.7 Å². The normalized spacial score (nSPS) is 11.6. The van der Waals surface area contributed by atoms with Crippen molar-refractivity contribution in [3.63, 3.8) is 0 Å². The molecule has 0 spiro atoms. The molecule has 0 saturated heterocycles. The summed E-state index contributed by atoms with van der Waals surface area (Å²) in [7, 11) is 0. The van der Waals surface area contributed by atoms with Gasteiger partial charge in [-0.25, -0.2) is 0 Å². The number of aliphatic hydroxyl groups is 1. The number of nitriles is 1. The topological polar surface area (TPSA) is 106 Å². The first kappa shape index (κ1) is 18.4. The number of aryl methyl sites for hydroxylation is 1. The molecule has 0 bridgehead atoms. The predicted octanol–water partition coefficient (Wildman–Crippen LogP) is 1.65. The maximum Gasteiger partial charge on any atom is 0.266 e. The molecular formula is C19H21N3O3. The molecule has 1 aromatic heterocycles. The van der Waals surface area contributed by atoms with Gasteiger partial charge in [-0.3, -0.25) is 9.59 Å². The van der Waals surface area contributed by atoms with Crippen LogP contribution in [0.4, 0.5) is 0 Å². The van der Waals surface area contributed by atoms with Gasteiger partial charge in [0, 0.05) is 12.1 Å². The van der Waals surface area contributed by atoms with Crippen molar-refractivity contribution in [2.75, 3.05) is 6.61 Å². The molecule has 3 N–H and O–H groups in total. The number of aromatic nitrogens is 1. The number of aromatic amines is 1. The quantitative estimate of drug-likeness (QED) is 0.744. The third-order valence-corrected chi connectivity index (χ3v) is 4.24. The van der Waals surface area contributed by atoms with Gasteiger partial charge in [0.05, 0.1) is 12.6 Å². The van der Waals surface area contributed by atoms with Gasteiger partial charge in [0.1, 0.15) is 11.6 Å². The number of nitrogens with zero attached hydrogens (tertiary/aromatic N) is 1. The van der Waals surface area contributed by atoms with Gasteiger partial charge in [-0.15, -0.1) is 0 Å². The standard InChI is InChI=1S/C19H21N3O3/c1-12-15(13(2)21-19(25)16(12)10-20)8-9-18(24)22-17(11-23)14-6-4-3-5-7-14/h3-7,17,23H,8-9,11H2,1-2H3,(H,21,25)(H,22,24)/t17-/m1/s1. The van der Waals surface area contributed by atoms with Crippen LogP contribution in [0.2, 0.25) is 0 Å². The average molecular weight is 339 g/mol. The molecule has 2 rings (SSSR count). The van der Waals surface area contributed by atoms with E-state index in [2.05, 4.69) is 10.3 Å². The summed E-state index contributed by atoms with van der Waals surface area (Å²) in [5.74, 6) is -0.202. The average Bonchev–Trinajstić information content (AvgIpc) is 2.60. The molecule has 0 aliphatic rings. The molecule has 0 unspecified atom stereocenters. The number of amides is 1. The monoisotopic (exact) mass is 339 g/mol. The molecule has 1 heterocycles. The zero-order valence-electron chi connectivity index (χ0n) is 14.3. The SMILES string of the molecule is Cc1[nH]c(=O)c(C#N)c(C)c1CCC(=O)N[C@H](CO)c1ccccc1. The molecule has 0 fully saturated rings. The summed E-state index contributed by atoms with van der Waals surface area (Å²) >= 11 is 0. The van der Waals surface area contributed by atoms with E-state index in [9.17, 15) is 14.7 Å². The third-order valence-electron chi connectivity index (χ3n) is 4.24. The largest absolute Gasteiger partial charge is 0.394 e. The van der Waals surface area contributed by atoms with E-state index < -0.39 is 11.6 Å². The van der Waals surface area contributed by atoms with E-state index in [-0.39, 0.29) is 24.5 Å². The van der Waals surface area contributed by atoms with Gasteiger partial charge >= 0.3 is 0 Å². The first-order valence-corrected chi connectivity index (χ1v) is 8.05. The predicted molar refractivity (Wildman–Crippen MR) is 94.0 cm³/mol. The van der Waals surface area contributed by atoms with Gasteiger partial charge in [-0.2, -0.15) is 5.26 Å². The molecule has 6 nitrogen and oxygen atoms in total. The van der Waals surface area contributed by atoms with Crippen LogP contribution >= 0.6 is 0 Å². The Morgan fingerprint density at radius 2 is 2.00 bits per heavy atom. The van der Waals surface area contributed by atoms with Crippen LogP contribution in [0.25, 0.3) is 0 Å². The molecule has 0 radical (unpaired) electrons. The molecule has 0 saturated carbocycles. The number of pyridine rings is 1. The highest BCUT2D eigenvalue weighted by molar-refractivity contribution is 5.76. The van der Waals surface area contributed by atoms with Crippen molar-refractivity contribution < 1.29 is 9.90 Å². The van der Waals surface area contributed by atoms with Gasteiger partial charge in [0.15, 0.2) is 0 Å². The smallest absolute Gasteiger partial charge is 0.266 e. The van der Waals surface area contributed by atoms with Crippen molar-refractivity contribution in [1.29, 1.82) is 5.26 Å². The lowest BCUT2D eigenvalue weighted by Crippen LogP contribution is -2.31. The highest BCUT2D eigenvalue weighted by atomic mass is 16.3. The number of nitrogens with one attached hydrogen (secondary N) is 2. The molecule has 1 atom stereocenters. The zero-order valence-corrected chi connectivity index (χ0v) is 14.3. The number of aliphatic hydroxyl groups excluding tert-OH is 1. The van der Waals surface area contributed by atoms with E-state index >= 15 is 0 Å². The number of H-pyrrole nitrogens is 1. The van der Waals surface area contributed by atoms with Crippen molar-refractivity contribution in [2.24, 2.45) is 0 Å². The van der Waals surface area contributed by atoms with Crippen LogP contribution in [0.1, 0.15) is 40.4 Å². The summed E-state index contributed by atoms with van der Waals surface area (Å²) in [6.45, 7) is 3.28. The summed E-state index contributed by atoms with van der Waals surface area (Å²) in [5.41, 5.74) is 2.58. The number of carbonyl (C=O) groups excluding carboxylic acids is 1. The van der Waals surface area contributed by atoms with E-state index in [4.69, 9.17) is 5.26 Å². The van der Waals surface area contributed by atoms with Crippen LogP contribution in [0, 0.1) is 25.2 Å². The Hall–Kier alpha value is -2.91. The first-order chi connectivity index (χ1) is 12.0. The molecule has 130 valence electrons. The summed E-state index contributed by atoms with van der Waals surface area (Å²) in [6.07, 6.45) is 0.601. The molecule has 1 aromatic carbocycles. The summed E-state index contributed by atoms with van der Waals surface area (Å²) in [4.78, 5) is 26.6. The van der Waals surface area contributed by atoms with Crippen molar-refractivity contribution >= 4 is 5.91 Å². The molecule has 2 aromatic rings.